The average molecular weight is 325 g/mol. The van der Waals surface area contributed by atoms with Crippen LogP contribution in [0.3, 0.4) is 0 Å². The van der Waals surface area contributed by atoms with Crippen LogP contribution in [0.15, 0.2) is 53.3 Å². The molecule has 1 aliphatic heterocycles. The van der Waals surface area contributed by atoms with Crippen LogP contribution in [0.1, 0.15) is 23.7 Å². The van der Waals surface area contributed by atoms with Gasteiger partial charge in [0.25, 0.3) is 5.56 Å². The van der Waals surface area contributed by atoms with Gasteiger partial charge in [-0.25, -0.2) is 0 Å². The Morgan fingerprint density at radius 2 is 1.96 bits per heavy atom. The summed E-state index contributed by atoms with van der Waals surface area (Å²) in [5.41, 5.74) is 2.04. The van der Waals surface area contributed by atoms with Crippen LogP contribution < -0.4 is 10.9 Å². The van der Waals surface area contributed by atoms with Crippen molar-refractivity contribution in [2.75, 3.05) is 19.6 Å². The van der Waals surface area contributed by atoms with E-state index >= 15 is 0 Å². The maximum atomic E-state index is 12.6. The highest BCUT2D eigenvalue weighted by atomic mass is 16.2. The van der Waals surface area contributed by atoms with E-state index in [1.807, 2.05) is 36.1 Å². The van der Waals surface area contributed by atoms with Crippen molar-refractivity contribution in [3.8, 4) is 0 Å². The molecule has 3 rings (SSSR count). The Morgan fingerprint density at radius 3 is 2.71 bits per heavy atom. The summed E-state index contributed by atoms with van der Waals surface area (Å²) in [6.45, 7) is 4.50. The summed E-state index contributed by atoms with van der Waals surface area (Å²) < 4.78 is 1.66. The van der Waals surface area contributed by atoms with Crippen LogP contribution in [0.2, 0.25) is 0 Å². The van der Waals surface area contributed by atoms with Gasteiger partial charge < -0.3 is 14.8 Å². The number of nitrogens with one attached hydrogen (secondary N) is 1. The molecule has 0 aliphatic carbocycles. The first kappa shape index (κ1) is 16.5. The first-order chi connectivity index (χ1) is 11.6. The van der Waals surface area contributed by atoms with Crippen molar-refractivity contribution < 1.29 is 4.79 Å². The number of carbonyl (C=O) groups excluding carboxylic acids is 1. The molecule has 2 heterocycles. The van der Waals surface area contributed by atoms with Gasteiger partial charge in [-0.05, 0) is 18.6 Å². The second-order valence-electron chi connectivity index (χ2n) is 6.16. The lowest BCUT2D eigenvalue weighted by molar-refractivity contribution is -0.132. The van der Waals surface area contributed by atoms with Gasteiger partial charge in [0.2, 0.25) is 5.91 Å². The van der Waals surface area contributed by atoms with Crippen molar-refractivity contribution >= 4 is 5.91 Å². The van der Waals surface area contributed by atoms with E-state index in [1.165, 1.54) is 11.6 Å². The lowest BCUT2D eigenvalue weighted by atomic mass is 10.0. The van der Waals surface area contributed by atoms with Gasteiger partial charge in [0, 0.05) is 50.4 Å². The highest BCUT2D eigenvalue weighted by molar-refractivity contribution is 5.76. The van der Waals surface area contributed by atoms with Crippen molar-refractivity contribution in [3.05, 3.63) is 70.1 Å². The van der Waals surface area contributed by atoms with Crippen LogP contribution in [0, 0.1) is 6.92 Å². The molecule has 126 valence electrons. The van der Waals surface area contributed by atoms with Gasteiger partial charge in [-0.15, -0.1) is 0 Å². The van der Waals surface area contributed by atoms with Crippen molar-refractivity contribution in [2.45, 2.75) is 25.9 Å². The number of hydrogen-bond donors (Lipinski definition) is 1. The maximum Gasteiger partial charge on any atom is 0.250 e. The van der Waals surface area contributed by atoms with Gasteiger partial charge in [0.15, 0.2) is 0 Å². The summed E-state index contributed by atoms with van der Waals surface area (Å²) in [4.78, 5) is 26.3. The van der Waals surface area contributed by atoms with Gasteiger partial charge in [-0.2, -0.15) is 0 Å². The standard InChI is InChI=1S/C19H23N3O2/c1-15-6-5-9-19(24)22(15)12-10-18(23)21-13-11-20-17(14-21)16-7-3-2-4-8-16/h2-9,17,20H,10-14H2,1H3. The third kappa shape index (κ3) is 3.74. The van der Waals surface area contributed by atoms with E-state index in [0.717, 1.165) is 12.2 Å². The van der Waals surface area contributed by atoms with E-state index in [0.29, 0.717) is 26.1 Å². The number of benzene rings is 1. The fourth-order valence-electron chi connectivity index (χ4n) is 3.16. The van der Waals surface area contributed by atoms with Crippen LogP contribution in [-0.4, -0.2) is 35.0 Å². The maximum absolute atomic E-state index is 12.6. The van der Waals surface area contributed by atoms with Crippen LogP contribution >= 0.6 is 0 Å². The lowest BCUT2D eigenvalue weighted by Gasteiger charge is -2.34. The normalized spacial score (nSPS) is 17.7. The molecule has 0 saturated carbocycles. The Balaban J connectivity index is 1.62. The predicted octanol–water partition coefficient (Wildman–Crippen LogP) is 1.72. The van der Waals surface area contributed by atoms with E-state index in [2.05, 4.69) is 17.4 Å². The molecule has 5 nitrogen and oxygen atoms in total. The van der Waals surface area contributed by atoms with Crippen molar-refractivity contribution in [3.63, 3.8) is 0 Å². The SMILES string of the molecule is Cc1cccc(=O)n1CCC(=O)N1CCNC(c2ccccc2)C1. The van der Waals surface area contributed by atoms with Gasteiger partial charge >= 0.3 is 0 Å². The molecule has 2 aromatic rings. The zero-order valence-electron chi connectivity index (χ0n) is 13.9. The monoisotopic (exact) mass is 325 g/mol. The molecule has 5 heteroatoms. The van der Waals surface area contributed by atoms with Gasteiger partial charge in [0.05, 0.1) is 0 Å². The van der Waals surface area contributed by atoms with Crippen LogP contribution in [0.5, 0.6) is 0 Å². The number of amides is 1. The first-order valence-corrected chi connectivity index (χ1v) is 8.38. The quantitative estimate of drug-likeness (QED) is 0.931. The molecule has 0 radical (unpaired) electrons. The molecule has 0 spiro atoms. The fraction of sp³-hybridized carbons (Fsp3) is 0.368. The average Bonchev–Trinajstić information content (AvgIpc) is 2.62. The Labute approximate surface area is 141 Å². The van der Waals surface area contributed by atoms with E-state index < -0.39 is 0 Å². The van der Waals surface area contributed by atoms with Crippen molar-refractivity contribution in [2.24, 2.45) is 0 Å². The number of aromatic nitrogens is 1. The second kappa shape index (κ2) is 7.45. The van der Waals surface area contributed by atoms with Gasteiger partial charge in [-0.1, -0.05) is 36.4 Å². The van der Waals surface area contributed by atoms with E-state index in [4.69, 9.17) is 0 Å². The van der Waals surface area contributed by atoms with E-state index in [-0.39, 0.29) is 17.5 Å². The number of pyridine rings is 1. The molecule has 1 N–H and O–H groups in total. The predicted molar refractivity (Wildman–Crippen MR) is 93.8 cm³/mol. The van der Waals surface area contributed by atoms with E-state index in [9.17, 15) is 9.59 Å². The summed E-state index contributed by atoms with van der Waals surface area (Å²) in [5.74, 6) is 0.104. The van der Waals surface area contributed by atoms with Crippen LogP contribution in [0.4, 0.5) is 0 Å². The molecular weight excluding hydrogens is 302 g/mol. The molecule has 1 atom stereocenters. The molecule has 1 saturated heterocycles. The third-order valence-corrected chi connectivity index (χ3v) is 4.55. The minimum absolute atomic E-state index is 0.0507. The topological polar surface area (TPSA) is 54.3 Å². The number of rotatable bonds is 4. The number of aryl methyl sites for hydroxylation is 1. The second-order valence-corrected chi connectivity index (χ2v) is 6.16. The molecule has 0 bridgehead atoms. The summed E-state index contributed by atoms with van der Waals surface area (Å²) >= 11 is 0. The zero-order valence-corrected chi connectivity index (χ0v) is 13.9. The zero-order chi connectivity index (χ0) is 16.9. The van der Waals surface area contributed by atoms with Gasteiger partial charge in [-0.3, -0.25) is 9.59 Å². The van der Waals surface area contributed by atoms with Crippen molar-refractivity contribution in [1.29, 1.82) is 0 Å². The molecule has 1 unspecified atom stereocenters. The molecule has 1 aromatic carbocycles. The highest BCUT2D eigenvalue weighted by Gasteiger charge is 2.23. The molecule has 1 fully saturated rings. The fourth-order valence-corrected chi connectivity index (χ4v) is 3.16. The Morgan fingerprint density at radius 1 is 1.17 bits per heavy atom. The van der Waals surface area contributed by atoms with E-state index in [1.54, 1.807) is 10.6 Å². The largest absolute Gasteiger partial charge is 0.339 e. The molecule has 1 amide bonds. The summed E-state index contributed by atoms with van der Waals surface area (Å²) in [5, 5.41) is 3.46. The number of nitrogens with zero attached hydrogens (tertiary/aromatic N) is 2. The first-order valence-electron chi connectivity index (χ1n) is 8.38. The summed E-state index contributed by atoms with van der Waals surface area (Å²) in [6, 6.07) is 15.5. The minimum Gasteiger partial charge on any atom is -0.339 e. The third-order valence-electron chi connectivity index (χ3n) is 4.55. The number of carbonyl (C=O) groups is 1. The van der Waals surface area contributed by atoms with Crippen LogP contribution in [0.25, 0.3) is 0 Å². The molecule has 24 heavy (non-hydrogen) atoms. The Bertz CT molecular complexity index is 755. The highest BCUT2D eigenvalue weighted by Crippen LogP contribution is 2.17. The Kier molecular flexibility index (Phi) is 5.11. The number of hydrogen-bond acceptors (Lipinski definition) is 3. The lowest BCUT2D eigenvalue weighted by Crippen LogP contribution is -2.48. The van der Waals surface area contributed by atoms with Crippen molar-refractivity contribution in [1.82, 2.24) is 14.8 Å². The summed E-state index contributed by atoms with van der Waals surface area (Å²) in [6.07, 6.45) is 0.353. The Hall–Kier alpha value is -2.40. The summed E-state index contributed by atoms with van der Waals surface area (Å²) in [7, 11) is 0. The van der Waals surface area contributed by atoms with Gasteiger partial charge in [0.1, 0.15) is 0 Å². The molecule has 1 aromatic heterocycles. The minimum atomic E-state index is -0.0507. The van der Waals surface area contributed by atoms with Crippen LogP contribution in [-0.2, 0) is 11.3 Å². The molecule has 1 aliphatic rings. The molecular formula is C19H23N3O2. The number of piperazine rings is 1. The smallest absolute Gasteiger partial charge is 0.250 e.